The van der Waals surface area contributed by atoms with Gasteiger partial charge in [0.2, 0.25) is 5.17 Å². The summed E-state index contributed by atoms with van der Waals surface area (Å²) in [7, 11) is 0. The van der Waals surface area contributed by atoms with Crippen molar-refractivity contribution >= 4 is 45.7 Å². The van der Waals surface area contributed by atoms with Gasteiger partial charge in [0.15, 0.2) is 0 Å². The van der Waals surface area contributed by atoms with E-state index in [-0.39, 0.29) is 5.17 Å². The SMILES string of the molecule is O=C(Nc1ccccc1)/C(Cl)=N\Nc1ccc(Cl)cc1. The second-order valence-electron chi connectivity index (χ2n) is 3.84. The smallest absolute Gasteiger partial charge is 0.287 e. The number of amides is 1. The third-order valence-electron chi connectivity index (χ3n) is 2.35. The number of para-hydroxylation sites is 1. The third kappa shape index (κ3) is 4.26. The molecular weight excluding hydrogens is 297 g/mol. The number of carbonyl (C=O) groups is 1. The summed E-state index contributed by atoms with van der Waals surface area (Å²) in [6.45, 7) is 0. The maximum absolute atomic E-state index is 11.8. The predicted octanol–water partition coefficient (Wildman–Crippen LogP) is 3.94. The molecule has 0 fully saturated rings. The molecule has 0 spiro atoms. The highest BCUT2D eigenvalue weighted by molar-refractivity contribution is 6.84. The van der Waals surface area contributed by atoms with E-state index >= 15 is 0 Å². The minimum atomic E-state index is -0.487. The van der Waals surface area contributed by atoms with Gasteiger partial charge in [0, 0.05) is 10.7 Å². The average molecular weight is 308 g/mol. The molecule has 0 radical (unpaired) electrons. The van der Waals surface area contributed by atoms with Crippen molar-refractivity contribution in [1.29, 1.82) is 0 Å². The van der Waals surface area contributed by atoms with Crippen molar-refractivity contribution in [3.8, 4) is 0 Å². The van der Waals surface area contributed by atoms with Gasteiger partial charge >= 0.3 is 0 Å². The van der Waals surface area contributed by atoms with Crippen molar-refractivity contribution in [2.75, 3.05) is 10.7 Å². The van der Waals surface area contributed by atoms with Crippen molar-refractivity contribution in [2.24, 2.45) is 5.10 Å². The van der Waals surface area contributed by atoms with E-state index < -0.39 is 5.91 Å². The fraction of sp³-hybridized carbons (Fsp3) is 0. The summed E-state index contributed by atoms with van der Waals surface area (Å²) in [5, 5.41) is 6.85. The van der Waals surface area contributed by atoms with E-state index in [1.807, 2.05) is 18.2 Å². The minimum Gasteiger partial charge on any atom is -0.320 e. The molecule has 0 aliphatic carbocycles. The first kappa shape index (κ1) is 14.4. The summed E-state index contributed by atoms with van der Waals surface area (Å²) in [5.74, 6) is -0.487. The first-order valence-electron chi connectivity index (χ1n) is 5.76. The molecule has 6 heteroatoms. The van der Waals surface area contributed by atoms with Gasteiger partial charge in [-0.2, -0.15) is 5.10 Å². The zero-order valence-corrected chi connectivity index (χ0v) is 11.8. The second-order valence-corrected chi connectivity index (χ2v) is 4.64. The molecule has 2 aromatic rings. The largest absolute Gasteiger partial charge is 0.320 e. The van der Waals surface area contributed by atoms with Crippen LogP contribution in [-0.4, -0.2) is 11.1 Å². The number of hydrogen-bond donors (Lipinski definition) is 2. The summed E-state index contributed by atoms with van der Waals surface area (Å²) >= 11 is 11.6. The van der Waals surface area contributed by atoms with Gasteiger partial charge in [0.1, 0.15) is 0 Å². The second kappa shape index (κ2) is 6.93. The number of halogens is 2. The Morgan fingerprint density at radius 3 is 2.25 bits per heavy atom. The molecular formula is C14H11Cl2N3O. The Morgan fingerprint density at radius 2 is 1.60 bits per heavy atom. The van der Waals surface area contributed by atoms with Crippen molar-refractivity contribution in [2.45, 2.75) is 0 Å². The Balaban J connectivity index is 1.96. The molecule has 0 saturated heterocycles. The lowest BCUT2D eigenvalue weighted by molar-refractivity contribution is -0.110. The van der Waals surface area contributed by atoms with E-state index in [4.69, 9.17) is 23.2 Å². The highest BCUT2D eigenvalue weighted by atomic mass is 35.5. The molecule has 2 aromatic carbocycles. The Labute approximate surface area is 126 Å². The maximum atomic E-state index is 11.8. The number of carbonyl (C=O) groups excluding carboxylic acids is 1. The molecule has 0 aromatic heterocycles. The van der Waals surface area contributed by atoms with Crippen LogP contribution in [0.2, 0.25) is 5.02 Å². The van der Waals surface area contributed by atoms with Crippen LogP contribution in [0.5, 0.6) is 0 Å². The molecule has 0 aliphatic rings. The number of anilines is 2. The number of nitrogens with zero attached hydrogens (tertiary/aromatic N) is 1. The lowest BCUT2D eigenvalue weighted by Gasteiger charge is -2.04. The molecule has 0 saturated carbocycles. The molecule has 2 N–H and O–H groups in total. The van der Waals surface area contributed by atoms with Crippen LogP contribution in [-0.2, 0) is 4.79 Å². The van der Waals surface area contributed by atoms with E-state index in [0.29, 0.717) is 16.4 Å². The molecule has 0 atom stereocenters. The fourth-order valence-corrected chi connectivity index (χ4v) is 1.61. The van der Waals surface area contributed by atoms with E-state index in [0.717, 1.165) is 0 Å². The van der Waals surface area contributed by atoms with Crippen molar-refractivity contribution in [3.05, 3.63) is 59.6 Å². The summed E-state index contributed by atoms with van der Waals surface area (Å²) in [4.78, 5) is 11.8. The molecule has 102 valence electrons. The first-order chi connectivity index (χ1) is 9.65. The van der Waals surface area contributed by atoms with Crippen LogP contribution in [0.3, 0.4) is 0 Å². The molecule has 1 amide bonds. The van der Waals surface area contributed by atoms with Gasteiger partial charge in [-0.3, -0.25) is 10.2 Å². The Kier molecular flexibility index (Phi) is 4.98. The predicted molar refractivity (Wildman–Crippen MR) is 83.4 cm³/mol. The molecule has 0 aliphatic heterocycles. The van der Waals surface area contributed by atoms with Crippen LogP contribution in [0.4, 0.5) is 11.4 Å². The Bertz CT molecular complexity index is 612. The number of hydrazone groups is 1. The molecule has 4 nitrogen and oxygen atoms in total. The van der Waals surface area contributed by atoms with Crippen molar-refractivity contribution in [1.82, 2.24) is 0 Å². The van der Waals surface area contributed by atoms with Crippen LogP contribution >= 0.6 is 23.2 Å². The molecule has 0 unspecified atom stereocenters. The average Bonchev–Trinajstić information content (AvgIpc) is 2.47. The first-order valence-corrected chi connectivity index (χ1v) is 6.52. The van der Waals surface area contributed by atoms with Crippen LogP contribution in [0.1, 0.15) is 0 Å². The molecule has 2 rings (SSSR count). The van der Waals surface area contributed by atoms with E-state index in [9.17, 15) is 4.79 Å². The topological polar surface area (TPSA) is 53.5 Å². The number of rotatable bonds is 4. The number of benzene rings is 2. The van der Waals surface area contributed by atoms with E-state index in [1.165, 1.54) is 0 Å². The monoisotopic (exact) mass is 307 g/mol. The third-order valence-corrected chi connectivity index (χ3v) is 2.85. The normalized spacial score (nSPS) is 11.0. The molecule has 0 bridgehead atoms. The van der Waals surface area contributed by atoms with E-state index in [1.54, 1.807) is 36.4 Å². The maximum Gasteiger partial charge on any atom is 0.287 e. The van der Waals surface area contributed by atoms with Gasteiger partial charge in [-0.15, -0.1) is 0 Å². The highest BCUT2D eigenvalue weighted by Crippen LogP contribution is 2.13. The van der Waals surface area contributed by atoms with Crippen LogP contribution in [0.15, 0.2) is 59.7 Å². The number of hydrogen-bond acceptors (Lipinski definition) is 3. The van der Waals surface area contributed by atoms with Gasteiger partial charge in [0.05, 0.1) is 5.69 Å². The molecule has 0 heterocycles. The van der Waals surface area contributed by atoms with Crippen LogP contribution < -0.4 is 10.7 Å². The van der Waals surface area contributed by atoms with Crippen molar-refractivity contribution < 1.29 is 4.79 Å². The van der Waals surface area contributed by atoms with E-state index in [2.05, 4.69) is 15.8 Å². The van der Waals surface area contributed by atoms with Crippen molar-refractivity contribution in [3.63, 3.8) is 0 Å². The zero-order chi connectivity index (χ0) is 14.4. The minimum absolute atomic E-state index is 0.191. The number of nitrogens with one attached hydrogen (secondary N) is 2. The van der Waals surface area contributed by atoms with Gasteiger partial charge in [0.25, 0.3) is 5.91 Å². The van der Waals surface area contributed by atoms with Crippen LogP contribution in [0.25, 0.3) is 0 Å². The summed E-state index contributed by atoms with van der Waals surface area (Å²) in [5.41, 5.74) is 4.01. The standard InChI is InChI=1S/C14H11Cl2N3O/c15-10-6-8-12(9-7-10)18-19-13(16)14(20)17-11-4-2-1-3-5-11/h1-9,18H,(H,17,20)/b19-13+. The lowest BCUT2D eigenvalue weighted by atomic mass is 10.3. The Morgan fingerprint density at radius 1 is 0.950 bits per heavy atom. The summed E-state index contributed by atoms with van der Waals surface area (Å²) in [6.07, 6.45) is 0. The summed E-state index contributed by atoms with van der Waals surface area (Å²) < 4.78 is 0. The van der Waals surface area contributed by atoms with Crippen LogP contribution in [0, 0.1) is 0 Å². The van der Waals surface area contributed by atoms with Gasteiger partial charge in [-0.25, -0.2) is 0 Å². The zero-order valence-electron chi connectivity index (χ0n) is 10.3. The van der Waals surface area contributed by atoms with Gasteiger partial charge in [-0.05, 0) is 36.4 Å². The molecule has 20 heavy (non-hydrogen) atoms. The summed E-state index contributed by atoms with van der Waals surface area (Å²) in [6, 6.07) is 15.9. The highest BCUT2D eigenvalue weighted by Gasteiger charge is 2.08. The quantitative estimate of drug-likeness (QED) is 0.664. The van der Waals surface area contributed by atoms with Gasteiger partial charge in [-0.1, -0.05) is 41.4 Å². The lowest BCUT2D eigenvalue weighted by Crippen LogP contribution is -2.19. The fourth-order valence-electron chi connectivity index (χ4n) is 1.39. The van der Waals surface area contributed by atoms with Gasteiger partial charge < -0.3 is 5.32 Å². The Hall–Kier alpha value is -2.04.